The van der Waals surface area contributed by atoms with E-state index in [4.69, 9.17) is 23.2 Å². The predicted octanol–water partition coefficient (Wildman–Crippen LogP) is 1.70. The minimum Gasteiger partial charge on any atom is -0.356 e. The van der Waals surface area contributed by atoms with Crippen LogP contribution in [0, 0.1) is 5.92 Å². The lowest BCUT2D eigenvalue weighted by molar-refractivity contribution is -0.141. The predicted molar refractivity (Wildman–Crippen MR) is 131 cm³/mol. The molecule has 2 heterocycles. The van der Waals surface area contributed by atoms with Crippen LogP contribution in [0.15, 0.2) is 18.2 Å². The Bertz CT molecular complexity index is 1190. The molecule has 0 bridgehead atoms. The maximum Gasteiger partial charge on any atom is 0.290 e. The monoisotopic (exact) mass is 523 g/mol. The number of H-pyrrole nitrogens is 1. The van der Waals surface area contributed by atoms with Gasteiger partial charge in [0, 0.05) is 33.9 Å². The van der Waals surface area contributed by atoms with E-state index >= 15 is 0 Å². The van der Waals surface area contributed by atoms with E-state index in [-0.39, 0.29) is 18.0 Å². The lowest BCUT2D eigenvalue weighted by atomic mass is 9.95. The highest BCUT2D eigenvalue weighted by molar-refractivity contribution is 6.39. The minimum atomic E-state index is -1.22. The van der Waals surface area contributed by atoms with Crippen molar-refractivity contribution in [3.05, 3.63) is 33.9 Å². The third-order valence-electron chi connectivity index (χ3n) is 5.35. The standard InChI is InChI=1S/C23H27Cl2N5O5/c1-23(2,3)30-22(35)19(32)16(6-11-4-5-26-20(11)33)29-18(31)10-27-21(34)17-9-13-14(25)7-12(24)8-15(13)28-17/h7-9,11,16,28H,4-6,10H2,1-3H3,(H,26,33)(H,27,34)(H,29,31)(H,30,35). The van der Waals surface area contributed by atoms with Crippen LogP contribution in [0.4, 0.5) is 0 Å². The fraction of sp³-hybridized carbons (Fsp3) is 0.435. The van der Waals surface area contributed by atoms with Gasteiger partial charge in [-0.1, -0.05) is 23.2 Å². The summed E-state index contributed by atoms with van der Waals surface area (Å²) in [7, 11) is 0. The van der Waals surface area contributed by atoms with Crippen LogP contribution in [0.2, 0.25) is 10.0 Å². The Kier molecular flexibility index (Phi) is 8.07. The molecule has 5 N–H and O–H groups in total. The molecule has 2 atom stereocenters. The van der Waals surface area contributed by atoms with Crippen LogP contribution >= 0.6 is 23.2 Å². The van der Waals surface area contributed by atoms with Crippen LogP contribution < -0.4 is 21.3 Å². The number of aromatic nitrogens is 1. The molecule has 2 aromatic rings. The average Bonchev–Trinajstić information content (AvgIpc) is 3.36. The molecule has 35 heavy (non-hydrogen) atoms. The Morgan fingerprint density at radius 1 is 1.14 bits per heavy atom. The zero-order valence-electron chi connectivity index (χ0n) is 19.5. The molecule has 0 radical (unpaired) electrons. The van der Waals surface area contributed by atoms with Gasteiger partial charge in [0.15, 0.2) is 0 Å². The molecule has 10 nitrogen and oxygen atoms in total. The summed E-state index contributed by atoms with van der Waals surface area (Å²) in [4.78, 5) is 65.2. The number of ketones is 1. The molecule has 1 aliphatic heterocycles. The third-order valence-corrected chi connectivity index (χ3v) is 5.88. The Hall–Kier alpha value is -3.11. The van der Waals surface area contributed by atoms with E-state index in [1.807, 2.05) is 0 Å². The second kappa shape index (κ2) is 10.7. The Balaban J connectivity index is 1.65. The van der Waals surface area contributed by atoms with Crippen molar-refractivity contribution < 1.29 is 24.0 Å². The molecule has 0 aliphatic carbocycles. The van der Waals surface area contributed by atoms with Crippen molar-refractivity contribution in [3.63, 3.8) is 0 Å². The molecule has 1 aromatic carbocycles. The van der Waals surface area contributed by atoms with Gasteiger partial charge in [0.25, 0.3) is 11.8 Å². The molecule has 0 spiro atoms. The van der Waals surface area contributed by atoms with Gasteiger partial charge in [-0.25, -0.2) is 0 Å². The maximum atomic E-state index is 12.8. The molecule has 2 unspecified atom stereocenters. The molecular formula is C23H27Cl2N5O5. The molecule has 1 saturated heterocycles. The number of rotatable bonds is 8. The number of Topliss-reactive ketones (excluding diaryl/α,β-unsaturated/α-hetero) is 1. The van der Waals surface area contributed by atoms with Gasteiger partial charge in [-0.3, -0.25) is 24.0 Å². The molecule has 0 saturated carbocycles. The van der Waals surface area contributed by atoms with Crippen LogP contribution in [0.25, 0.3) is 10.9 Å². The van der Waals surface area contributed by atoms with Gasteiger partial charge >= 0.3 is 0 Å². The van der Waals surface area contributed by atoms with Crippen LogP contribution in [-0.4, -0.2) is 59.1 Å². The lowest BCUT2D eigenvalue weighted by Gasteiger charge is -2.23. The van der Waals surface area contributed by atoms with Crippen molar-refractivity contribution in [2.75, 3.05) is 13.1 Å². The molecule has 1 aromatic heterocycles. The van der Waals surface area contributed by atoms with Gasteiger partial charge in [-0.2, -0.15) is 0 Å². The zero-order chi connectivity index (χ0) is 25.9. The number of fused-ring (bicyclic) bond motifs is 1. The van der Waals surface area contributed by atoms with Gasteiger partial charge in [-0.15, -0.1) is 0 Å². The van der Waals surface area contributed by atoms with Crippen molar-refractivity contribution in [2.24, 2.45) is 5.92 Å². The summed E-state index contributed by atoms with van der Waals surface area (Å²) in [6.07, 6.45) is 0.465. The van der Waals surface area contributed by atoms with Crippen LogP contribution in [0.3, 0.4) is 0 Å². The minimum absolute atomic E-state index is 0.0246. The van der Waals surface area contributed by atoms with Crippen molar-refractivity contribution in [3.8, 4) is 0 Å². The second-order valence-corrected chi connectivity index (χ2v) is 10.3. The topological polar surface area (TPSA) is 149 Å². The average molecular weight is 524 g/mol. The molecule has 1 fully saturated rings. The number of carbonyl (C=O) groups is 5. The number of aromatic amines is 1. The summed E-state index contributed by atoms with van der Waals surface area (Å²) in [5.74, 6) is -3.73. The fourth-order valence-electron chi connectivity index (χ4n) is 3.73. The molecule has 1 aliphatic rings. The Labute approximate surface area is 211 Å². The lowest BCUT2D eigenvalue weighted by Crippen LogP contribution is -2.53. The number of nitrogens with one attached hydrogen (secondary N) is 5. The number of hydrogen-bond acceptors (Lipinski definition) is 5. The van der Waals surface area contributed by atoms with Gasteiger partial charge < -0.3 is 26.3 Å². The highest BCUT2D eigenvalue weighted by Crippen LogP contribution is 2.28. The SMILES string of the molecule is CC(C)(C)NC(=O)C(=O)C(CC1CCNC1=O)NC(=O)CNC(=O)c1cc2c(Cl)cc(Cl)cc2[nH]1. The second-order valence-electron chi connectivity index (χ2n) is 9.42. The Morgan fingerprint density at radius 2 is 1.86 bits per heavy atom. The van der Waals surface area contributed by atoms with E-state index < -0.39 is 47.5 Å². The zero-order valence-corrected chi connectivity index (χ0v) is 21.0. The van der Waals surface area contributed by atoms with E-state index in [2.05, 4.69) is 26.3 Å². The summed E-state index contributed by atoms with van der Waals surface area (Å²) in [6, 6.07) is 3.48. The summed E-state index contributed by atoms with van der Waals surface area (Å²) >= 11 is 12.1. The summed E-state index contributed by atoms with van der Waals surface area (Å²) in [6.45, 7) is 5.16. The van der Waals surface area contributed by atoms with Crippen LogP contribution in [0.1, 0.15) is 44.1 Å². The largest absolute Gasteiger partial charge is 0.356 e. The fourth-order valence-corrected chi connectivity index (χ4v) is 4.28. The first kappa shape index (κ1) is 26.5. The number of halogens is 2. The molecule has 188 valence electrons. The first-order chi connectivity index (χ1) is 16.3. The van der Waals surface area contributed by atoms with E-state index in [0.717, 1.165) is 0 Å². The van der Waals surface area contributed by atoms with Crippen molar-refractivity contribution in [1.82, 2.24) is 26.3 Å². The van der Waals surface area contributed by atoms with Crippen molar-refractivity contribution >= 4 is 63.5 Å². The first-order valence-electron chi connectivity index (χ1n) is 11.0. The molecule has 3 rings (SSSR count). The van der Waals surface area contributed by atoms with Gasteiger partial charge in [-0.05, 0) is 51.8 Å². The maximum absolute atomic E-state index is 12.8. The molecule has 12 heteroatoms. The highest BCUT2D eigenvalue weighted by Gasteiger charge is 2.35. The number of benzene rings is 1. The van der Waals surface area contributed by atoms with Crippen LogP contribution in [-0.2, 0) is 19.2 Å². The summed E-state index contributed by atoms with van der Waals surface area (Å²) in [5, 5.41) is 11.5. The quantitative estimate of drug-likeness (QED) is 0.334. The van der Waals surface area contributed by atoms with E-state index in [1.54, 1.807) is 32.9 Å². The Morgan fingerprint density at radius 3 is 2.49 bits per heavy atom. The van der Waals surface area contributed by atoms with Gasteiger partial charge in [0.2, 0.25) is 17.6 Å². The van der Waals surface area contributed by atoms with E-state index in [9.17, 15) is 24.0 Å². The summed E-state index contributed by atoms with van der Waals surface area (Å²) in [5.41, 5.74) is 0.0615. The number of amides is 4. The van der Waals surface area contributed by atoms with Crippen molar-refractivity contribution in [1.29, 1.82) is 0 Å². The first-order valence-corrected chi connectivity index (χ1v) is 11.8. The third kappa shape index (κ3) is 6.95. The van der Waals surface area contributed by atoms with E-state index in [1.165, 1.54) is 6.07 Å². The molecular weight excluding hydrogens is 497 g/mol. The molecule has 4 amide bonds. The van der Waals surface area contributed by atoms with Crippen molar-refractivity contribution in [2.45, 2.75) is 45.2 Å². The summed E-state index contributed by atoms with van der Waals surface area (Å²) < 4.78 is 0. The highest BCUT2D eigenvalue weighted by atomic mass is 35.5. The van der Waals surface area contributed by atoms with Gasteiger partial charge in [0.1, 0.15) is 5.69 Å². The normalized spacial score (nSPS) is 16.5. The van der Waals surface area contributed by atoms with E-state index in [0.29, 0.717) is 33.9 Å². The van der Waals surface area contributed by atoms with Gasteiger partial charge in [0.05, 0.1) is 17.6 Å². The smallest absolute Gasteiger partial charge is 0.290 e. The number of hydrogen-bond donors (Lipinski definition) is 5. The van der Waals surface area contributed by atoms with Crippen LogP contribution in [0.5, 0.6) is 0 Å². The number of carbonyl (C=O) groups excluding carboxylic acids is 5.